The fraction of sp³-hybridized carbons (Fsp3) is 0.538. The predicted molar refractivity (Wildman–Crippen MR) is 78.7 cm³/mol. The fourth-order valence-corrected chi connectivity index (χ4v) is 3.67. The topological polar surface area (TPSA) is 46.6 Å². The summed E-state index contributed by atoms with van der Waals surface area (Å²) in [5.41, 5.74) is 0. The fourth-order valence-electron chi connectivity index (χ4n) is 2.26. The van der Waals surface area contributed by atoms with Gasteiger partial charge in [-0.3, -0.25) is 0 Å². The summed E-state index contributed by atoms with van der Waals surface area (Å²) in [6.07, 6.45) is 3.00. The highest BCUT2D eigenvalue weighted by Gasteiger charge is 2.26. The minimum atomic E-state index is -3.14. The van der Waals surface area contributed by atoms with E-state index in [1.807, 2.05) is 0 Å². The molecule has 0 saturated carbocycles. The van der Waals surface area contributed by atoms with Crippen molar-refractivity contribution in [2.45, 2.75) is 12.8 Å². The van der Waals surface area contributed by atoms with Crippen LogP contribution in [0, 0.1) is 11.7 Å². The highest BCUT2D eigenvalue weighted by molar-refractivity contribution is 9.10. The molecule has 1 aromatic rings. The molecule has 2 rings (SSSR count). The first-order valence-corrected chi connectivity index (χ1v) is 9.03. The van der Waals surface area contributed by atoms with Crippen molar-refractivity contribution in [1.29, 1.82) is 0 Å². The molecular formula is C13H17BrFNO3S. The highest BCUT2D eigenvalue weighted by Crippen LogP contribution is 2.27. The van der Waals surface area contributed by atoms with Crippen molar-refractivity contribution in [2.24, 2.45) is 5.92 Å². The molecule has 1 saturated heterocycles. The second kappa shape index (κ2) is 6.41. The van der Waals surface area contributed by atoms with E-state index in [1.165, 1.54) is 22.7 Å². The van der Waals surface area contributed by atoms with Crippen LogP contribution in [0.25, 0.3) is 0 Å². The summed E-state index contributed by atoms with van der Waals surface area (Å²) >= 11 is 3.24. The van der Waals surface area contributed by atoms with E-state index in [0.717, 1.165) is 12.8 Å². The van der Waals surface area contributed by atoms with Gasteiger partial charge in [0.15, 0.2) is 0 Å². The quantitative estimate of drug-likeness (QED) is 0.823. The molecule has 1 unspecified atom stereocenters. The number of rotatable bonds is 4. The van der Waals surface area contributed by atoms with E-state index in [4.69, 9.17) is 4.74 Å². The molecule has 1 aliphatic heterocycles. The molecule has 1 aliphatic rings. The summed E-state index contributed by atoms with van der Waals surface area (Å²) in [4.78, 5) is 0. The Labute approximate surface area is 127 Å². The summed E-state index contributed by atoms with van der Waals surface area (Å²) in [5, 5.41) is 0. The van der Waals surface area contributed by atoms with Crippen LogP contribution in [0.4, 0.5) is 4.39 Å². The first kappa shape index (κ1) is 15.7. The van der Waals surface area contributed by atoms with E-state index >= 15 is 0 Å². The Morgan fingerprint density at radius 1 is 1.50 bits per heavy atom. The molecular weight excluding hydrogens is 349 g/mol. The first-order chi connectivity index (χ1) is 9.36. The van der Waals surface area contributed by atoms with E-state index in [0.29, 0.717) is 29.9 Å². The van der Waals surface area contributed by atoms with Crippen LogP contribution in [0.5, 0.6) is 5.75 Å². The molecule has 1 heterocycles. The van der Waals surface area contributed by atoms with Crippen LogP contribution >= 0.6 is 15.9 Å². The Morgan fingerprint density at radius 3 is 2.90 bits per heavy atom. The van der Waals surface area contributed by atoms with Crippen molar-refractivity contribution in [3.05, 3.63) is 28.5 Å². The number of nitrogens with zero attached hydrogens (tertiary/aromatic N) is 1. The van der Waals surface area contributed by atoms with Gasteiger partial charge in [-0.05, 0) is 47.0 Å². The molecule has 0 radical (unpaired) electrons. The molecule has 7 heteroatoms. The van der Waals surface area contributed by atoms with Gasteiger partial charge in [0.1, 0.15) is 11.6 Å². The lowest BCUT2D eigenvalue weighted by molar-refractivity contribution is 0.180. The molecule has 0 aromatic heterocycles. The average molecular weight is 366 g/mol. The van der Waals surface area contributed by atoms with Crippen LogP contribution in [-0.2, 0) is 10.0 Å². The lowest BCUT2D eigenvalue weighted by Gasteiger charge is -2.30. The number of benzene rings is 1. The van der Waals surface area contributed by atoms with Gasteiger partial charge in [-0.25, -0.2) is 17.1 Å². The van der Waals surface area contributed by atoms with Gasteiger partial charge in [-0.2, -0.15) is 0 Å². The molecule has 1 aromatic carbocycles. The van der Waals surface area contributed by atoms with Crippen molar-refractivity contribution in [3.8, 4) is 5.75 Å². The normalized spacial score (nSPS) is 20.9. The predicted octanol–water partition coefficient (Wildman–Crippen LogP) is 2.64. The third-order valence-corrected chi connectivity index (χ3v) is 5.21. The molecule has 1 fully saturated rings. The van der Waals surface area contributed by atoms with E-state index in [1.54, 1.807) is 6.07 Å². The monoisotopic (exact) mass is 365 g/mol. The largest absolute Gasteiger partial charge is 0.492 e. The minimum Gasteiger partial charge on any atom is -0.492 e. The Kier molecular flexibility index (Phi) is 5.04. The van der Waals surface area contributed by atoms with Gasteiger partial charge >= 0.3 is 0 Å². The summed E-state index contributed by atoms with van der Waals surface area (Å²) in [7, 11) is -3.14. The van der Waals surface area contributed by atoms with Crippen LogP contribution in [0.2, 0.25) is 0 Å². The summed E-state index contributed by atoms with van der Waals surface area (Å²) in [5.74, 6) is 0.406. The Morgan fingerprint density at radius 2 is 2.25 bits per heavy atom. The zero-order valence-corrected chi connectivity index (χ0v) is 13.6. The first-order valence-electron chi connectivity index (χ1n) is 6.39. The van der Waals surface area contributed by atoms with Crippen LogP contribution in [0.1, 0.15) is 12.8 Å². The van der Waals surface area contributed by atoms with Crippen molar-refractivity contribution in [1.82, 2.24) is 4.31 Å². The highest BCUT2D eigenvalue weighted by atomic mass is 79.9. The van der Waals surface area contributed by atoms with Gasteiger partial charge in [0.2, 0.25) is 10.0 Å². The number of ether oxygens (including phenoxy) is 1. The van der Waals surface area contributed by atoms with E-state index in [9.17, 15) is 12.8 Å². The van der Waals surface area contributed by atoms with Crippen LogP contribution < -0.4 is 4.74 Å². The molecule has 0 amide bonds. The summed E-state index contributed by atoms with van der Waals surface area (Å²) in [6.45, 7) is 1.49. The lowest BCUT2D eigenvalue weighted by atomic mass is 10.0. The van der Waals surface area contributed by atoms with Crippen LogP contribution in [-0.4, -0.2) is 38.7 Å². The van der Waals surface area contributed by atoms with Gasteiger partial charge in [0, 0.05) is 19.0 Å². The minimum absolute atomic E-state index is 0.162. The number of sulfonamides is 1. The molecule has 0 spiro atoms. The van der Waals surface area contributed by atoms with Crippen LogP contribution in [0.3, 0.4) is 0 Å². The molecule has 112 valence electrons. The van der Waals surface area contributed by atoms with Crippen molar-refractivity contribution in [3.63, 3.8) is 0 Å². The second-order valence-electron chi connectivity index (χ2n) is 5.02. The molecule has 0 bridgehead atoms. The molecule has 1 atom stereocenters. The van der Waals surface area contributed by atoms with Gasteiger partial charge in [0.25, 0.3) is 0 Å². The Bertz CT molecular complexity index is 579. The van der Waals surface area contributed by atoms with E-state index in [-0.39, 0.29) is 11.7 Å². The van der Waals surface area contributed by atoms with Gasteiger partial charge in [0.05, 0.1) is 17.3 Å². The van der Waals surface area contributed by atoms with Crippen molar-refractivity contribution in [2.75, 3.05) is 26.0 Å². The maximum absolute atomic E-state index is 13.0. The third-order valence-electron chi connectivity index (χ3n) is 3.32. The number of hydrogen-bond donors (Lipinski definition) is 0. The average Bonchev–Trinajstić information content (AvgIpc) is 2.37. The second-order valence-corrected chi connectivity index (χ2v) is 7.85. The lowest BCUT2D eigenvalue weighted by Crippen LogP contribution is -2.40. The SMILES string of the molecule is CS(=O)(=O)N1CCCC(COc2ccc(F)cc2Br)C1. The number of piperidine rings is 1. The van der Waals surface area contributed by atoms with E-state index in [2.05, 4.69) is 15.9 Å². The Balaban J connectivity index is 1.94. The number of halogens is 2. The van der Waals surface area contributed by atoms with Crippen molar-refractivity contribution >= 4 is 26.0 Å². The maximum atomic E-state index is 13.0. The number of hydrogen-bond acceptors (Lipinski definition) is 3. The van der Waals surface area contributed by atoms with E-state index < -0.39 is 10.0 Å². The van der Waals surface area contributed by atoms with Crippen molar-refractivity contribution < 1.29 is 17.5 Å². The van der Waals surface area contributed by atoms with Gasteiger partial charge in [-0.1, -0.05) is 0 Å². The zero-order valence-electron chi connectivity index (χ0n) is 11.2. The maximum Gasteiger partial charge on any atom is 0.211 e. The summed E-state index contributed by atoms with van der Waals surface area (Å²) in [6, 6.07) is 4.25. The zero-order chi connectivity index (χ0) is 14.8. The van der Waals surface area contributed by atoms with Gasteiger partial charge < -0.3 is 4.74 Å². The molecule has 4 nitrogen and oxygen atoms in total. The smallest absolute Gasteiger partial charge is 0.211 e. The Hall–Kier alpha value is -0.660. The third kappa shape index (κ3) is 4.17. The van der Waals surface area contributed by atoms with Crippen LogP contribution in [0.15, 0.2) is 22.7 Å². The molecule has 20 heavy (non-hydrogen) atoms. The standard InChI is InChI=1S/C13H17BrFNO3S/c1-20(17,18)16-6-2-3-10(8-16)9-19-13-5-4-11(15)7-12(13)14/h4-5,7,10H,2-3,6,8-9H2,1H3. The molecule has 0 aliphatic carbocycles. The van der Waals surface area contributed by atoms with Gasteiger partial charge in [-0.15, -0.1) is 0 Å². The summed E-state index contributed by atoms with van der Waals surface area (Å²) < 4.78 is 43.7. The molecule has 0 N–H and O–H groups in total.